The number of aliphatic hydroxyl groups excluding tert-OH is 4. The molecule has 0 amide bonds. The number of phenols is 2. The van der Waals surface area contributed by atoms with Crippen LogP contribution in [0.2, 0.25) is 0 Å². The Bertz CT molecular complexity index is 563. The smallest absolute Gasteiger partial charge is 0.229 e. The molecular weight excluding hydrogens is 312 g/mol. The molecule has 1 aromatic rings. The Labute approximate surface area is 130 Å². The van der Waals surface area contributed by atoms with E-state index in [1.165, 1.54) is 0 Å². The number of hydrogen-bond acceptors (Lipinski definition) is 9. The molecule has 1 aromatic carbocycles. The Balaban J connectivity index is 2.23. The molecule has 5 atom stereocenters. The van der Waals surface area contributed by atoms with Crippen molar-refractivity contribution in [3.63, 3.8) is 0 Å². The van der Waals surface area contributed by atoms with Gasteiger partial charge in [0.2, 0.25) is 6.29 Å². The number of benzene rings is 1. The summed E-state index contributed by atoms with van der Waals surface area (Å²) in [5.41, 5.74) is -0.286. The monoisotopic (exact) mass is 330 g/mol. The van der Waals surface area contributed by atoms with Crippen LogP contribution >= 0.6 is 0 Å². The molecule has 1 aliphatic rings. The van der Waals surface area contributed by atoms with Gasteiger partial charge in [-0.2, -0.15) is 0 Å². The lowest BCUT2D eigenvalue weighted by atomic mass is 9.99. The Morgan fingerprint density at radius 2 is 1.70 bits per heavy atom. The average molecular weight is 330 g/mol. The van der Waals surface area contributed by atoms with E-state index in [4.69, 9.17) is 14.6 Å². The largest absolute Gasteiger partial charge is 0.507 e. The van der Waals surface area contributed by atoms with Crippen molar-refractivity contribution in [3.05, 3.63) is 17.7 Å². The summed E-state index contributed by atoms with van der Waals surface area (Å²) in [7, 11) is 0. The van der Waals surface area contributed by atoms with Crippen molar-refractivity contribution in [2.45, 2.75) is 37.6 Å². The predicted octanol–water partition coefficient (Wildman–Crippen LogP) is -1.52. The van der Waals surface area contributed by atoms with Gasteiger partial charge in [0.05, 0.1) is 6.61 Å². The number of hydrogen-bond donors (Lipinski definition) is 6. The standard InChI is InChI=1S/C14H18O9/c1-5(16)10-7(17)2-6(3-8(10)18)22-14-13(21)12(20)11(19)9(4-15)23-14/h2-3,9,11-15,17-21H,4H2,1H3/t9-,11-,12+,13-,14+/m1/s1. The summed E-state index contributed by atoms with van der Waals surface area (Å²) in [6.45, 7) is 0.539. The fourth-order valence-electron chi connectivity index (χ4n) is 2.31. The molecule has 0 radical (unpaired) electrons. The van der Waals surface area contributed by atoms with Crippen molar-refractivity contribution >= 4 is 5.78 Å². The van der Waals surface area contributed by atoms with E-state index in [1.807, 2.05) is 0 Å². The van der Waals surface area contributed by atoms with Gasteiger partial charge in [-0.3, -0.25) is 4.79 Å². The summed E-state index contributed by atoms with van der Waals surface area (Å²) in [5.74, 6) is -1.76. The molecule has 128 valence electrons. The maximum absolute atomic E-state index is 11.3. The molecule has 9 nitrogen and oxygen atoms in total. The molecule has 0 bridgehead atoms. The first kappa shape index (κ1) is 17.4. The minimum absolute atomic E-state index is 0.144. The van der Waals surface area contributed by atoms with E-state index in [2.05, 4.69) is 0 Å². The molecule has 2 rings (SSSR count). The van der Waals surface area contributed by atoms with Gasteiger partial charge in [0.25, 0.3) is 0 Å². The van der Waals surface area contributed by atoms with Gasteiger partial charge in [0.15, 0.2) is 5.78 Å². The zero-order valence-corrected chi connectivity index (χ0v) is 12.2. The number of phenolic OH excluding ortho intramolecular Hbond substituents is 2. The second-order valence-electron chi connectivity index (χ2n) is 5.21. The molecule has 0 spiro atoms. The van der Waals surface area contributed by atoms with Gasteiger partial charge in [-0.1, -0.05) is 0 Å². The highest BCUT2D eigenvalue weighted by Gasteiger charge is 2.44. The van der Waals surface area contributed by atoms with E-state index < -0.39 is 54.6 Å². The third-order valence-electron chi connectivity index (χ3n) is 3.52. The summed E-state index contributed by atoms with van der Waals surface area (Å²) in [5, 5.41) is 57.7. The summed E-state index contributed by atoms with van der Waals surface area (Å²) in [6, 6.07) is 2.05. The van der Waals surface area contributed by atoms with E-state index >= 15 is 0 Å². The van der Waals surface area contributed by atoms with E-state index in [-0.39, 0.29) is 11.3 Å². The summed E-state index contributed by atoms with van der Waals surface area (Å²) >= 11 is 0. The quantitative estimate of drug-likeness (QED) is 0.361. The van der Waals surface area contributed by atoms with Crippen molar-refractivity contribution in [1.29, 1.82) is 0 Å². The van der Waals surface area contributed by atoms with Crippen molar-refractivity contribution in [2.75, 3.05) is 6.61 Å². The Hall–Kier alpha value is -1.91. The summed E-state index contributed by atoms with van der Waals surface area (Å²) in [4.78, 5) is 11.3. The maximum atomic E-state index is 11.3. The van der Waals surface area contributed by atoms with Crippen molar-refractivity contribution in [3.8, 4) is 17.2 Å². The number of aromatic hydroxyl groups is 2. The van der Waals surface area contributed by atoms with Gasteiger partial charge in [-0.25, -0.2) is 0 Å². The Morgan fingerprint density at radius 3 is 2.17 bits per heavy atom. The number of ketones is 1. The highest BCUT2D eigenvalue weighted by atomic mass is 16.7. The third-order valence-corrected chi connectivity index (χ3v) is 3.52. The van der Waals surface area contributed by atoms with E-state index in [9.17, 15) is 30.3 Å². The normalized spacial score (nSPS) is 30.9. The van der Waals surface area contributed by atoms with Gasteiger partial charge in [0.1, 0.15) is 47.2 Å². The van der Waals surface area contributed by atoms with Gasteiger partial charge in [-0.15, -0.1) is 0 Å². The average Bonchev–Trinajstić information content (AvgIpc) is 2.46. The fraction of sp³-hybridized carbons (Fsp3) is 0.500. The lowest BCUT2D eigenvalue weighted by molar-refractivity contribution is -0.277. The SMILES string of the molecule is CC(=O)c1c(O)cc(O[C@H]2O[C@H](CO)[C@@H](O)[C@H](O)[C@H]2O)cc1O. The van der Waals surface area contributed by atoms with Crippen LogP contribution in [0.1, 0.15) is 17.3 Å². The first-order valence-corrected chi connectivity index (χ1v) is 6.80. The molecule has 9 heteroatoms. The number of rotatable bonds is 4. The highest BCUT2D eigenvalue weighted by molar-refractivity contribution is 5.99. The van der Waals surface area contributed by atoms with E-state index in [0.29, 0.717) is 0 Å². The second-order valence-corrected chi connectivity index (χ2v) is 5.21. The number of ether oxygens (including phenoxy) is 2. The summed E-state index contributed by atoms with van der Waals surface area (Å²) in [6.07, 6.45) is -7.41. The number of aliphatic hydroxyl groups is 4. The van der Waals surface area contributed by atoms with Crippen molar-refractivity contribution in [1.82, 2.24) is 0 Å². The molecule has 0 aliphatic carbocycles. The molecule has 1 aliphatic heterocycles. The van der Waals surface area contributed by atoms with Gasteiger partial charge in [-0.05, 0) is 6.92 Å². The van der Waals surface area contributed by atoms with Crippen LogP contribution in [-0.2, 0) is 4.74 Å². The molecule has 1 fully saturated rings. The molecule has 0 aromatic heterocycles. The fourth-order valence-corrected chi connectivity index (χ4v) is 2.31. The zero-order chi connectivity index (χ0) is 17.3. The van der Waals surface area contributed by atoms with Gasteiger partial charge >= 0.3 is 0 Å². The van der Waals surface area contributed by atoms with Crippen LogP contribution in [0.25, 0.3) is 0 Å². The third kappa shape index (κ3) is 3.38. The van der Waals surface area contributed by atoms with Crippen LogP contribution in [0.4, 0.5) is 0 Å². The maximum Gasteiger partial charge on any atom is 0.229 e. The minimum Gasteiger partial charge on any atom is -0.507 e. The van der Waals surface area contributed by atoms with Gasteiger partial charge in [0, 0.05) is 12.1 Å². The number of carbonyl (C=O) groups excluding carboxylic acids is 1. The molecule has 1 heterocycles. The molecular formula is C14H18O9. The lowest BCUT2D eigenvalue weighted by Gasteiger charge is -2.39. The van der Waals surface area contributed by atoms with Crippen LogP contribution in [0.15, 0.2) is 12.1 Å². The van der Waals surface area contributed by atoms with Crippen molar-refractivity contribution in [2.24, 2.45) is 0 Å². The molecule has 23 heavy (non-hydrogen) atoms. The predicted molar refractivity (Wildman–Crippen MR) is 74.2 cm³/mol. The van der Waals surface area contributed by atoms with Crippen LogP contribution in [0.5, 0.6) is 17.2 Å². The Morgan fingerprint density at radius 1 is 1.13 bits per heavy atom. The lowest BCUT2D eigenvalue weighted by Crippen LogP contribution is -2.60. The first-order valence-electron chi connectivity index (χ1n) is 6.80. The highest BCUT2D eigenvalue weighted by Crippen LogP contribution is 2.34. The van der Waals surface area contributed by atoms with Crippen LogP contribution < -0.4 is 4.74 Å². The van der Waals surface area contributed by atoms with Crippen molar-refractivity contribution < 1.29 is 44.9 Å². The van der Waals surface area contributed by atoms with Gasteiger partial charge < -0.3 is 40.1 Å². The molecule has 0 saturated carbocycles. The topological polar surface area (TPSA) is 157 Å². The Kier molecular flexibility index (Phi) is 5.07. The number of carbonyl (C=O) groups is 1. The minimum atomic E-state index is -1.63. The molecule has 0 unspecified atom stereocenters. The first-order chi connectivity index (χ1) is 10.8. The van der Waals surface area contributed by atoms with Crippen LogP contribution in [-0.4, -0.2) is 73.7 Å². The van der Waals surface area contributed by atoms with Crippen LogP contribution in [0, 0.1) is 0 Å². The van der Waals surface area contributed by atoms with Crippen LogP contribution in [0.3, 0.4) is 0 Å². The van der Waals surface area contributed by atoms with E-state index in [0.717, 1.165) is 19.1 Å². The second kappa shape index (κ2) is 6.69. The molecule has 1 saturated heterocycles. The summed E-state index contributed by atoms with van der Waals surface area (Å²) < 4.78 is 10.4. The molecule has 6 N–H and O–H groups in total. The zero-order valence-electron chi connectivity index (χ0n) is 12.2. The number of Topliss-reactive ketones (excluding diaryl/α,β-unsaturated/α-hetero) is 1. The van der Waals surface area contributed by atoms with E-state index in [1.54, 1.807) is 0 Å².